The number of benzene rings is 1. The number of hydrogen-bond acceptors (Lipinski definition) is 7. The minimum Gasteiger partial charge on any atom is -0.375 e. The van der Waals surface area contributed by atoms with Crippen molar-refractivity contribution in [2.75, 3.05) is 12.4 Å². The summed E-state index contributed by atoms with van der Waals surface area (Å²) in [6.45, 7) is 0.506. The third kappa shape index (κ3) is 2.79. The zero-order valence-electron chi connectivity index (χ0n) is 11.2. The van der Waals surface area contributed by atoms with Crippen molar-refractivity contribution in [1.82, 2.24) is 20.1 Å². The van der Waals surface area contributed by atoms with Crippen molar-refractivity contribution >= 4 is 16.7 Å². The molecule has 0 unspecified atom stereocenters. The summed E-state index contributed by atoms with van der Waals surface area (Å²) in [5.41, 5.74) is 0.528. The van der Waals surface area contributed by atoms with Gasteiger partial charge in [-0.05, 0) is 12.1 Å². The molecule has 0 aliphatic heterocycles. The summed E-state index contributed by atoms with van der Waals surface area (Å²) in [4.78, 5) is 12.2. The lowest BCUT2D eigenvalue weighted by atomic mass is 10.2. The molecule has 0 bridgehead atoms. The number of halogens is 1. The molecule has 0 aliphatic rings. The van der Waals surface area contributed by atoms with Gasteiger partial charge in [0, 0.05) is 7.11 Å². The Morgan fingerprint density at radius 2 is 2.24 bits per heavy atom. The van der Waals surface area contributed by atoms with Crippen molar-refractivity contribution in [3.63, 3.8) is 0 Å². The number of aromatic nitrogens is 4. The van der Waals surface area contributed by atoms with E-state index in [1.54, 1.807) is 12.1 Å². The fraction of sp³-hybridized carbons (Fsp3) is 0.231. The number of anilines is 1. The van der Waals surface area contributed by atoms with Crippen molar-refractivity contribution in [2.45, 2.75) is 13.2 Å². The highest BCUT2D eigenvalue weighted by Crippen LogP contribution is 2.22. The van der Waals surface area contributed by atoms with E-state index in [1.807, 2.05) is 0 Å². The van der Waals surface area contributed by atoms with Crippen LogP contribution in [0.25, 0.3) is 10.9 Å². The fourth-order valence-corrected chi connectivity index (χ4v) is 1.91. The molecule has 0 saturated heterocycles. The van der Waals surface area contributed by atoms with E-state index in [-0.39, 0.29) is 19.0 Å². The molecule has 0 radical (unpaired) electrons. The molecule has 21 heavy (non-hydrogen) atoms. The predicted octanol–water partition coefficient (Wildman–Crippen LogP) is 1.91. The van der Waals surface area contributed by atoms with Gasteiger partial charge in [0.1, 0.15) is 24.6 Å². The smallest absolute Gasteiger partial charge is 0.252 e. The maximum absolute atomic E-state index is 13.9. The third-order valence-electron chi connectivity index (χ3n) is 2.80. The second kappa shape index (κ2) is 5.80. The second-order valence-electron chi connectivity index (χ2n) is 4.25. The molecule has 8 heteroatoms. The van der Waals surface area contributed by atoms with Gasteiger partial charge in [-0.2, -0.15) is 4.98 Å². The van der Waals surface area contributed by atoms with Crippen molar-refractivity contribution in [3.8, 4) is 0 Å². The standard InChI is InChI=1S/C13H12FN5O2/c1-20-6-11-18-10(19-21-11)5-15-13-12-8(14)3-2-4-9(12)16-7-17-13/h2-4,7H,5-6H2,1H3,(H,15,16,17). The van der Waals surface area contributed by atoms with Crippen LogP contribution in [-0.4, -0.2) is 27.2 Å². The van der Waals surface area contributed by atoms with Gasteiger partial charge in [-0.3, -0.25) is 0 Å². The monoisotopic (exact) mass is 289 g/mol. The van der Waals surface area contributed by atoms with Crippen molar-refractivity contribution in [1.29, 1.82) is 0 Å². The minimum absolute atomic E-state index is 0.248. The van der Waals surface area contributed by atoms with Crippen LogP contribution >= 0.6 is 0 Å². The van der Waals surface area contributed by atoms with Gasteiger partial charge in [-0.1, -0.05) is 11.2 Å². The molecule has 1 N–H and O–H groups in total. The highest BCUT2D eigenvalue weighted by atomic mass is 19.1. The van der Waals surface area contributed by atoms with Gasteiger partial charge in [-0.25, -0.2) is 14.4 Å². The van der Waals surface area contributed by atoms with Crippen LogP contribution in [0.4, 0.5) is 10.2 Å². The molecule has 3 aromatic rings. The summed E-state index contributed by atoms with van der Waals surface area (Å²) in [5, 5.41) is 7.10. The summed E-state index contributed by atoms with van der Waals surface area (Å²) < 4.78 is 23.8. The first-order valence-electron chi connectivity index (χ1n) is 6.21. The van der Waals surface area contributed by atoms with Gasteiger partial charge in [-0.15, -0.1) is 0 Å². The predicted molar refractivity (Wildman–Crippen MR) is 71.8 cm³/mol. The first-order valence-corrected chi connectivity index (χ1v) is 6.21. The number of fused-ring (bicyclic) bond motifs is 1. The third-order valence-corrected chi connectivity index (χ3v) is 2.80. The van der Waals surface area contributed by atoms with Crippen molar-refractivity contribution in [3.05, 3.63) is 42.1 Å². The van der Waals surface area contributed by atoms with E-state index in [9.17, 15) is 4.39 Å². The van der Waals surface area contributed by atoms with Crippen LogP contribution in [0.1, 0.15) is 11.7 Å². The zero-order valence-corrected chi connectivity index (χ0v) is 11.2. The number of ether oxygens (including phenoxy) is 1. The fourth-order valence-electron chi connectivity index (χ4n) is 1.91. The first-order chi connectivity index (χ1) is 10.3. The van der Waals surface area contributed by atoms with Crippen LogP contribution < -0.4 is 5.32 Å². The van der Waals surface area contributed by atoms with Crippen LogP contribution in [0, 0.1) is 5.82 Å². The highest BCUT2D eigenvalue weighted by Gasteiger charge is 2.10. The number of nitrogens with one attached hydrogen (secondary N) is 1. The van der Waals surface area contributed by atoms with Gasteiger partial charge >= 0.3 is 0 Å². The summed E-state index contributed by atoms with van der Waals surface area (Å²) in [5.74, 6) is 0.818. The Morgan fingerprint density at radius 3 is 3.10 bits per heavy atom. The molecule has 7 nitrogen and oxygen atoms in total. The molecule has 2 aromatic heterocycles. The lowest BCUT2D eigenvalue weighted by Gasteiger charge is -2.06. The van der Waals surface area contributed by atoms with E-state index in [2.05, 4.69) is 25.4 Å². The molecular weight excluding hydrogens is 277 g/mol. The van der Waals surface area contributed by atoms with Gasteiger partial charge in [0.25, 0.3) is 5.89 Å². The maximum atomic E-state index is 13.9. The Balaban J connectivity index is 1.81. The lowest BCUT2D eigenvalue weighted by Crippen LogP contribution is -2.05. The molecule has 0 atom stereocenters. The molecule has 0 aliphatic carbocycles. The summed E-state index contributed by atoms with van der Waals surface area (Å²) in [7, 11) is 1.54. The first kappa shape index (κ1) is 13.4. The molecule has 1 aromatic carbocycles. The van der Waals surface area contributed by atoms with Crippen LogP contribution in [0.3, 0.4) is 0 Å². The number of methoxy groups -OCH3 is 1. The molecule has 0 saturated carbocycles. The molecule has 0 amide bonds. The largest absolute Gasteiger partial charge is 0.375 e. The maximum Gasteiger partial charge on any atom is 0.252 e. The van der Waals surface area contributed by atoms with Crippen LogP contribution in [-0.2, 0) is 17.9 Å². The molecule has 3 rings (SSSR count). The lowest BCUT2D eigenvalue weighted by molar-refractivity contribution is 0.151. The van der Waals surface area contributed by atoms with Crippen LogP contribution in [0.5, 0.6) is 0 Å². The van der Waals surface area contributed by atoms with Crippen molar-refractivity contribution in [2.24, 2.45) is 0 Å². The summed E-state index contributed by atoms with van der Waals surface area (Å²) >= 11 is 0. The number of hydrogen-bond donors (Lipinski definition) is 1. The Morgan fingerprint density at radius 1 is 1.33 bits per heavy atom. The Kier molecular flexibility index (Phi) is 3.69. The number of nitrogens with zero attached hydrogens (tertiary/aromatic N) is 4. The Bertz CT molecular complexity index is 756. The van der Waals surface area contributed by atoms with Crippen LogP contribution in [0.15, 0.2) is 29.0 Å². The molecule has 0 fully saturated rings. The van der Waals surface area contributed by atoms with E-state index in [4.69, 9.17) is 9.26 Å². The summed E-state index contributed by atoms with van der Waals surface area (Å²) in [6, 6.07) is 4.68. The van der Waals surface area contributed by atoms with E-state index in [1.165, 1.54) is 19.5 Å². The summed E-state index contributed by atoms with van der Waals surface area (Å²) in [6.07, 6.45) is 1.37. The van der Waals surface area contributed by atoms with Gasteiger partial charge in [0.2, 0.25) is 0 Å². The second-order valence-corrected chi connectivity index (χ2v) is 4.25. The molecular formula is C13H12FN5O2. The normalized spacial score (nSPS) is 11.0. The van der Waals surface area contributed by atoms with E-state index in [0.29, 0.717) is 28.4 Å². The number of rotatable bonds is 5. The van der Waals surface area contributed by atoms with E-state index in [0.717, 1.165) is 0 Å². The van der Waals surface area contributed by atoms with Gasteiger partial charge in [0.05, 0.1) is 17.4 Å². The van der Waals surface area contributed by atoms with Crippen LogP contribution in [0.2, 0.25) is 0 Å². The van der Waals surface area contributed by atoms with E-state index >= 15 is 0 Å². The minimum atomic E-state index is -0.385. The molecule has 2 heterocycles. The van der Waals surface area contributed by atoms with Crippen molar-refractivity contribution < 1.29 is 13.7 Å². The Hall–Kier alpha value is -2.61. The average Bonchev–Trinajstić information content (AvgIpc) is 2.93. The SMILES string of the molecule is COCc1nc(CNc2ncnc3cccc(F)c23)no1. The van der Waals surface area contributed by atoms with Gasteiger partial charge in [0.15, 0.2) is 5.82 Å². The van der Waals surface area contributed by atoms with E-state index < -0.39 is 0 Å². The molecule has 108 valence electrons. The van der Waals surface area contributed by atoms with Gasteiger partial charge < -0.3 is 14.6 Å². The topological polar surface area (TPSA) is 86.0 Å². The zero-order chi connectivity index (χ0) is 14.7. The molecule has 0 spiro atoms. The highest BCUT2D eigenvalue weighted by molar-refractivity contribution is 5.89. The Labute approximate surface area is 119 Å². The quantitative estimate of drug-likeness (QED) is 0.767. The average molecular weight is 289 g/mol.